The normalized spacial score (nSPS) is 41.8. The number of hydrogen-bond donors (Lipinski definition) is 3. The maximum absolute atomic E-state index is 14.1. The molecule has 44 heavy (non-hydrogen) atoms. The quantitative estimate of drug-likeness (QED) is 0.398. The second-order valence-corrected chi connectivity index (χ2v) is 17.0. The molecule has 236 valence electrons. The molecule has 3 N–H and O–H groups in total. The van der Waals surface area contributed by atoms with E-state index in [1.54, 1.807) is 19.9 Å². The van der Waals surface area contributed by atoms with E-state index in [0.717, 1.165) is 42.3 Å². The lowest BCUT2D eigenvalue weighted by Gasteiger charge is -2.64. The summed E-state index contributed by atoms with van der Waals surface area (Å²) in [5.41, 5.74) is 1.87. The number of nitrogens with one attached hydrogen (secondary N) is 1. The maximum Gasteiger partial charge on any atom is 0.187 e. The molecule has 3 heterocycles. The van der Waals surface area contributed by atoms with Crippen LogP contribution < -0.4 is 0 Å². The summed E-state index contributed by atoms with van der Waals surface area (Å²) in [5, 5.41) is 24.6. The van der Waals surface area contributed by atoms with Crippen LogP contribution in [-0.4, -0.2) is 61.4 Å². The van der Waals surface area contributed by atoms with Crippen LogP contribution in [0.25, 0.3) is 10.9 Å². The summed E-state index contributed by atoms with van der Waals surface area (Å²) in [6.07, 6.45) is 4.80. The van der Waals surface area contributed by atoms with Crippen molar-refractivity contribution in [1.82, 2.24) is 4.98 Å². The van der Waals surface area contributed by atoms with Gasteiger partial charge in [-0.15, -0.1) is 0 Å². The molecule has 0 amide bonds. The highest BCUT2D eigenvalue weighted by atomic mass is 16.5. The number of benzene rings is 1. The topological polar surface area (TPSA) is 109 Å². The number of aromatic nitrogens is 1. The fraction of sp³-hybridized carbons (Fsp3) is 0.676. The molecule has 0 bridgehead atoms. The van der Waals surface area contributed by atoms with E-state index < -0.39 is 40.0 Å². The molecule has 2 aromatic rings. The average Bonchev–Trinajstić information content (AvgIpc) is 3.49. The van der Waals surface area contributed by atoms with E-state index in [9.17, 15) is 19.8 Å². The van der Waals surface area contributed by atoms with Crippen LogP contribution in [0.3, 0.4) is 0 Å². The molecule has 1 aromatic heterocycles. The Labute approximate surface area is 259 Å². The molecule has 0 spiro atoms. The van der Waals surface area contributed by atoms with Crippen molar-refractivity contribution in [3.8, 4) is 0 Å². The van der Waals surface area contributed by atoms with Gasteiger partial charge >= 0.3 is 0 Å². The van der Waals surface area contributed by atoms with Gasteiger partial charge in [0.15, 0.2) is 11.6 Å². The molecular formula is C37H47NO6. The van der Waals surface area contributed by atoms with Gasteiger partial charge in [-0.3, -0.25) is 9.59 Å². The molecular weight excluding hydrogens is 554 g/mol. The van der Waals surface area contributed by atoms with Gasteiger partial charge in [0.1, 0.15) is 6.10 Å². The monoisotopic (exact) mass is 601 g/mol. The highest BCUT2D eigenvalue weighted by Crippen LogP contribution is 2.69. The van der Waals surface area contributed by atoms with E-state index >= 15 is 0 Å². The first kappa shape index (κ1) is 29.1. The van der Waals surface area contributed by atoms with Crippen LogP contribution in [0.2, 0.25) is 0 Å². The maximum atomic E-state index is 14.1. The minimum atomic E-state index is -1.30. The van der Waals surface area contributed by atoms with Crippen molar-refractivity contribution in [3.63, 3.8) is 0 Å². The Balaban J connectivity index is 1.26. The van der Waals surface area contributed by atoms with E-state index in [2.05, 4.69) is 52.6 Å². The van der Waals surface area contributed by atoms with E-state index in [4.69, 9.17) is 9.47 Å². The SMILES string of the molecule is CC1(C)OC(C)(C)C2C(=O)c3ccc4[nH]c5c(c4c3CC21)CC1CC[C@@]2(O)C3=CC(=O)[C@@H](C(C)(C)O)OC3CC[C@]2(C)[C@@]51C. The number of fused-ring (bicyclic) bond motifs is 12. The van der Waals surface area contributed by atoms with Crippen LogP contribution in [0, 0.1) is 23.2 Å². The van der Waals surface area contributed by atoms with E-state index in [1.807, 2.05) is 6.07 Å². The third-order valence-electron chi connectivity index (χ3n) is 13.6. The second-order valence-electron chi connectivity index (χ2n) is 17.0. The number of ketones is 2. The number of Topliss-reactive ketones (excluding diaryl/α,β-unsaturated/α-hetero) is 1. The first-order valence-electron chi connectivity index (χ1n) is 16.6. The number of aliphatic hydroxyl groups is 2. The molecule has 8 atom stereocenters. The molecule has 7 heteroatoms. The largest absolute Gasteiger partial charge is 0.387 e. The summed E-state index contributed by atoms with van der Waals surface area (Å²) in [4.78, 5) is 31.2. The van der Waals surface area contributed by atoms with Crippen molar-refractivity contribution >= 4 is 22.5 Å². The van der Waals surface area contributed by atoms with Gasteiger partial charge in [-0.25, -0.2) is 0 Å². The number of hydrogen-bond acceptors (Lipinski definition) is 6. The first-order valence-corrected chi connectivity index (χ1v) is 16.6. The molecule has 4 aliphatic carbocycles. The Morgan fingerprint density at radius 2 is 1.68 bits per heavy atom. The standard InChI is InChI=1S/C37H47NO6/c1-32(2,41)31-25(39)17-22-26(43-31)12-13-35(7)36(8)18(11-14-37(22,35)42)15-21-27-20-16-23-28(34(5,6)44-33(23,3)4)29(40)19(20)9-10-24(27)38-30(21)36/h9-10,17-18,23,26,28,31,38,41-42H,11-16H2,1-8H3/t18?,23?,26?,28?,31-,35+,36+,37+/m0/s1. The van der Waals surface area contributed by atoms with Crippen LogP contribution in [0.1, 0.15) is 108 Å². The Morgan fingerprint density at radius 1 is 0.955 bits per heavy atom. The Kier molecular flexibility index (Phi) is 5.51. The Morgan fingerprint density at radius 3 is 2.39 bits per heavy atom. The molecule has 3 fully saturated rings. The molecule has 7 nitrogen and oxygen atoms in total. The summed E-state index contributed by atoms with van der Waals surface area (Å²) in [5.74, 6) is 0.192. The van der Waals surface area contributed by atoms with Gasteiger partial charge in [0.25, 0.3) is 0 Å². The van der Waals surface area contributed by atoms with Crippen molar-refractivity contribution in [3.05, 3.63) is 46.2 Å². The summed E-state index contributed by atoms with van der Waals surface area (Å²) < 4.78 is 12.8. The average molecular weight is 602 g/mol. The van der Waals surface area contributed by atoms with E-state index in [-0.39, 0.29) is 28.8 Å². The van der Waals surface area contributed by atoms with Crippen molar-refractivity contribution in [2.45, 2.75) is 134 Å². The summed E-state index contributed by atoms with van der Waals surface area (Å²) >= 11 is 0. The predicted molar refractivity (Wildman–Crippen MR) is 167 cm³/mol. The lowest BCUT2D eigenvalue weighted by Crippen LogP contribution is -2.68. The fourth-order valence-corrected chi connectivity index (χ4v) is 11.4. The van der Waals surface area contributed by atoms with Crippen LogP contribution in [0.5, 0.6) is 0 Å². The summed E-state index contributed by atoms with van der Waals surface area (Å²) in [7, 11) is 0. The number of carbonyl (C=O) groups excluding carboxylic acids is 2. The second kappa shape index (κ2) is 8.33. The lowest BCUT2D eigenvalue weighted by molar-refractivity contribution is -0.195. The van der Waals surface area contributed by atoms with Crippen molar-refractivity contribution in [2.75, 3.05) is 0 Å². The highest BCUT2D eigenvalue weighted by Gasteiger charge is 2.70. The van der Waals surface area contributed by atoms with Crippen molar-refractivity contribution in [2.24, 2.45) is 23.2 Å². The van der Waals surface area contributed by atoms with Crippen molar-refractivity contribution in [1.29, 1.82) is 0 Å². The first-order chi connectivity index (χ1) is 20.3. The Hall–Kier alpha value is -2.32. The van der Waals surface area contributed by atoms with Gasteiger partial charge in [0.05, 0.1) is 34.4 Å². The van der Waals surface area contributed by atoms with Crippen LogP contribution in [0.15, 0.2) is 23.8 Å². The minimum Gasteiger partial charge on any atom is -0.387 e. The van der Waals surface area contributed by atoms with Gasteiger partial charge in [0.2, 0.25) is 0 Å². The van der Waals surface area contributed by atoms with Crippen LogP contribution >= 0.6 is 0 Å². The van der Waals surface area contributed by atoms with Gasteiger partial charge in [0, 0.05) is 38.9 Å². The van der Waals surface area contributed by atoms with Crippen molar-refractivity contribution < 1.29 is 29.3 Å². The fourth-order valence-electron chi connectivity index (χ4n) is 11.4. The number of carbonyl (C=O) groups is 2. The molecule has 6 aliphatic rings. The number of ether oxygens (including phenoxy) is 2. The minimum absolute atomic E-state index is 0.106. The Bertz CT molecular complexity index is 1690. The van der Waals surface area contributed by atoms with Crippen LogP contribution in [-0.2, 0) is 32.5 Å². The zero-order chi connectivity index (χ0) is 31.6. The molecule has 4 unspecified atom stereocenters. The summed E-state index contributed by atoms with van der Waals surface area (Å²) in [6, 6.07) is 4.10. The van der Waals surface area contributed by atoms with Gasteiger partial charge < -0.3 is 24.7 Å². The summed E-state index contributed by atoms with van der Waals surface area (Å²) in [6.45, 7) is 16.1. The third kappa shape index (κ3) is 3.27. The molecule has 1 aromatic carbocycles. The predicted octanol–water partition coefficient (Wildman–Crippen LogP) is 5.52. The smallest absolute Gasteiger partial charge is 0.187 e. The number of H-pyrrole nitrogens is 1. The van der Waals surface area contributed by atoms with E-state index in [1.165, 1.54) is 16.6 Å². The van der Waals surface area contributed by atoms with Gasteiger partial charge in [-0.2, -0.15) is 0 Å². The zero-order valence-corrected chi connectivity index (χ0v) is 27.4. The van der Waals surface area contributed by atoms with Crippen LogP contribution in [0.4, 0.5) is 0 Å². The van der Waals surface area contributed by atoms with E-state index in [0.29, 0.717) is 24.3 Å². The molecule has 2 saturated carbocycles. The highest BCUT2D eigenvalue weighted by molar-refractivity contribution is 6.06. The molecule has 0 radical (unpaired) electrons. The van der Waals surface area contributed by atoms with Gasteiger partial charge in [-0.05, 0) is 121 Å². The van der Waals surface area contributed by atoms with Gasteiger partial charge in [-0.1, -0.05) is 13.8 Å². The third-order valence-corrected chi connectivity index (χ3v) is 13.6. The molecule has 8 rings (SSSR count). The molecule has 2 aliphatic heterocycles. The molecule has 1 saturated heterocycles. The number of aromatic amines is 1. The zero-order valence-electron chi connectivity index (χ0n) is 27.4. The number of rotatable bonds is 1. The lowest BCUT2D eigenvalue weighted by atomic mass is 9.42.